The van der Waals surface area contributed by atoms with Crippen LogP contribution in [-0.4, -0.2) is 74.7 Å². The van der Waals surface area contributed by atoms with Crippen LogP contribution in [0.15, 0.2) is 4.21 Å². The van der Waals surface area contributed by atoms with Crippen molar-refractivity contribution >= 4 is 34.9 Å². The van der Waals surface area contributed by atoms with Gasteiger partial charge in [-0.3, -0.25) is 9.69 Å². The number of carbonyl (C=O) groups is 2. The van der Waals surface area contributed by atoms with Crippen molar-refractivity contribution in [3.8, 4) is 0 Å². The van der Waals surface area contributed by atoms with Crippen molar-refractivity contribution in [3.63, 3.8) is 0 Å². The van der Waals surface area contributed by atoms with E-state index < -0.39 is 0 Å². The second-order valence-electron chi connectivity index (χ2n) is 5.42. The standard InChI is InChI=1S/C15H22N2O3S2/c1-10-12(15(21-4)22-13(10)14(19)20-3)11(18)9-17-7-5-16(2)6-8-17/h5-9H2,1-4H3. The number of Topliss-reactive ketones (excluding diaryl/α,β-unsaturated/α-hetero) is 1. The number of esters is 1. The van der Waals surface area contributed by atoms with Gasteiger partial charge in [0.15, 0.2) is 5.78 Å². The molecule has 0 unspecified atom stereocenters. The van der Waals surface area contributed by atoms with Crippen LogP contribution in [0.4, 0.5) is 0 Å². The van der Waals surface area contributed by atoms with Gasteiger partial charge in [-0.25, -0.2) is 4.79 Å². The lowest BCUT2D eigenvalue weighted by molar-refractivity contribution is 0.0605. The summed E-state index contributed by atoms with van der Waals surface area (Å²) in [4.78, 5) is 29.5. The monoisotopic (exact) mass is 342 g/mol. The Balaban J connectivity index is 2.18. The van der Waals surface area contributed by atoms with E-state index in [1.54, 1.807) is 0 Å². The van der Waals surface area contributed by atoms with Crippen molar-refractivity contribution in [2.45, 2.75) is 11.1 Å². The van der Waals surface area contributed by atoms with E-state index >= 15 is 0 Å². The minimum absolute atomic E-state index is 0.0952. The molecule has 0 aliphatic carbocycles. The molecule has 0 aromatic carbocycles. The number of thioether (sulfide) groups is 1. The second kappa shape index (κ2) is 7.59. The number of likely N-dealkylation sites (N-methyl/N-ethyl adjacent to an activating group) is 1. The molecule has 1 fully saturated rings. The summed E-state index contributed by atoms with van der Waals surface area (Å²) in [5.41, 5.74) is 1.44. The topological polar surface area (TPSA) is 49.9 Å². The Morgan fingerprint density at radius 1 is 1.27 bits per heavy atom. The summed E-state index contributed by atoms with van der Waals surface area (Å²) in [6.45, 7) is 6.03. The van der Waals surface area contributed by atoms with Gasteiger partial charge < -0.3 is 9.64 Å². The Labute approximate surface area is 139 Å². The van der Waals surface area contributed by atoms with Crippen LogP contribution in [-0.2, 0) is 4.74 Å². The van der Waals surface area contributed by atoms with Crippen molar-refractivity contribution in [2.75, 3.05) is 53.1 Å². The van der Waals surface area contributed by atoms with E-state index in [9.17, 15) is 9.59 Å². The van der Waals surface area contributed by atoms with Crippen molar-refractivity contribution in [1.29, 1.82) is 0 Å². The first-order chi connectivity index (χ1) is 10.5. The fourth-order valence-corrected chi connectivity index (χ4v) is 4.56. The molecule has 0 saturated carbocycles. The van der Waals surface area contributed by atoms with E-state index in [0.29, 0.717) is 17.0 Å². The first-order valence-electron chi connectivity index (χ1n) is 7.17. The normalized spacial score (nSPS) is 16.7. The van der Waals surface area contributed by atoms with Gasteiger partial charge >= 0.3 is 5.97 Å². The Kier molecular flexibility index (Phi) is 6.02. The fourth-order valence-electron chi connectivity index (χ4n) is 2.53. The quantitative estimate of drug-likeness (QED) is 0.463. The number of ketones is 1. The van der Waals surface area contributed by atoms with E-state index in [1.165, 1.54) is 30.2 Å². The Morgan fingerprint density at radius 2 is 1.91 bits per heavy atom. The minimum atomic E-state index is -0.364. The van der Waals surface area contributed by atoms with Crippen molar-refractivity contribution in [2.24, 2.45) is 0 Å². The molecule has 122 valence electrons. The van der Waals surface area contributed by atoms with Gasteiger partial charge in [0, 0.05) is 31.7 Å². The van der Waals surface area contributed by atoms with E-state index in [-0.39, 0.29) is 11.8 Å². The summed E-state index contributed by atoms with van der Waals surface area (Å²) in [7, 11) is 3.46. The Bertz CT molecular complexity index is 563. The van der Waals surface area contributed by atoms with Crippen LogP contribution < -0.4 is 0 Å². The van der Waals surface area contributed by atoms with Gasteiger partial charge in [0.1, 0.15) is 4.88 Å². The molecule has 0 radical (unpaired) electrons. The highest BCUT2D eigenvalue weighted by Gasteiger charge is 2.26. The number of hydrogen-bond acceptors (Lipinski definition) is 7. The molecule has 1 aliphatic rings. The van der Waals surface area contributed by atoms with Gasteiger partial charge in [0.25, 0.3) is 0 Å². The van der Waals surface area contributed by atoms with Crippen LogP contribution in [0.2, 0.25) is 0 Å². The van der Waals surface area contributed by atoms with Gasteiger partial charge in [-0.15, -0.1) is 23.1 Å². The molecule has 7 heteroatoms. The SMILES string of the molecule is COC(=O)c1sc(SC)c(C(=O)CN2CCN(C)CC2)c1C. The van der Waals surface area contributed by atoms with E-state index in [1.807, 2.05) is 13.2 Å². The van der Waals surface area contributed by atoms with E-state index in [0.717, 1.165) is 36.0 Å². The highest BCUT2D eigenvalue weighted by molar-refractivity contribution is 8.00. The number of rotatable bonds is 5. The number of hydrogen-bond donors (Lipinski definition) is 0. The second-order valence-corrected chi connectivity index (χ2v) is 7.51. The largest absolute Gasteiger partial charge is 0.465 e. The third kappa shape index (κ3) is 3.71. The highest BCUT2D eigenvalue weighted by Crippen LogP contribution is 2.35. The minimum Gasteiger partial charge on any atom is -0.465 e. The first-order valence-corrected chi connectivity index (χ1v) is 9.21. The van der Waals surface area contributed by atoms with Gasteiger partial charge in [-0.1, -0.05) is 0 Å². The summed E-state index contributed by atoms with van der Waals surface area (Å²) < 4.78 is 5.71. The summed E-state index contributed by atoms with van der Waals surface area (Å²) in [5, 5.41) is 0. The lowest BCUT2D eigenvalue weighted by Gasteiger charge is -2.31. The van der Waals surface area contributed by atoms with Gasteiger partial charge in [0.2, 0.25) is 0 Å². The number of nitrogens with zero attached hydrogens (tertiary/aromatic N) is 2. The third-order valence-corrected chi connectivity index (χ3v) is 6.30. The molecule has 5 nitrogen and oxygen atoms in total. The van der Waals surface area contributed by atoms with Crippen molar-refractivity contribution < 1.29 is 14.3 Å². The maximum absolute atomic E-state index is 12.7. The Hall–Kier alpha value is -0.890. The lowest BCUT2D eigenvalue weighted by atomic mass is 10.1. The summed E-state index contributed by atoms with van der Waals surface area (Å²) in [6, 6.07) is 0. The summed E-state index contributed by atoms with van der Waals surface area (Å²) in [6.07, 6.45) is 1.93. The van der Waals surface area contributed by atoms with Gasteiger partial charge in [0.05, 0.1) is 17.9 Å². The molecule has 1 aromatic heterocycles. The molecule has 1 saturated heterocycles. The Morgan fingerprint density at radius 3 is 2.45 bits per heavy atom. The molecule has 2 heterocycles. The lowest BCUT2D eigenvalue weighted by Crippen LogP contribution is -2.46. The number of piperazine rings is 1. The molecule has 2 rings (SSSR count). The average Bonchev–Trinajstić information content (AvgIpc) is 2.85. The van der Waals surface area contributed by atoms with Crippen molar-refractivity contribution in [3.05, 3.63) is 16.0 Å². The maximum atomic E-state index is 12.7. The molecule has 0 amide bonds. The number of thiophene rings is 1. The van der Waals surface area contributed by atoms with Crippen LogP contribution in [0, 0.1) is 6.92 Å². The molecule has 22 heavy (non-hydrogen) atoms. The number of ether oxygens (including phenoxy) is 1. The highest BCUT2D eigenvalue weighted by atomic mass is 32.2. The zero-order valence-corrected chi connectivity index (χ0v) is 15.1. The smallest absolute Gasteiger partial charge is 0.348 e. The molecule has 1 aromatic rings. The fraction of sp³-hybridized carbons (Fsp3) is 0.600. The zero-order valence-electron chi connectivity index (χ0n) is 13.5. The predicted molar refractivity (Wildman–Crippen MR) is 90.4 cm³/mol. The average molecular weight is 342 g/mol. The van der Waals surface area contributed by atoms with Crippen LogP contribution in [0.3, 0.4) is 0 Å². The molecule has 0 N–H and O–H groups in total. The third-order valence-electron chi connectivity index (χ3n) is 3.91. The molecule has 0 spiro atoms. The van der Waals surface area contributed by atoms with Crippen LogP contribution >= 0.6 is 23.1 Å². The van der Waals surface area contributed by atoms with Crippen LogP contribution in [0.25, 0.3) is 0 Å². The van der Waals surface area contributed by atoms with E-state index in [4.69, 9.17) is 4.74 Å². The molecule has 1 aliphatic heterocycles. The molecule has 0 bridgehead atoms. The summed E-state index contributed by atoms with van der Waals surface area (Å²) >= 11 is 2.86. The van der Waals surface area contributed by atoms with Gasteiger partial charge in [-0.2, -0.15) is 0 Å². The molecular weight excluding hydrogens is 320 g/mol. The predicted octanol–water partition coefficient (Wildman–Crippen LogP) is 2.00. The molecular formula is C15H22N2O3S2. The van der Waals surface area contributed by atoms with Crippen molar-refractivity contribution in [1.82, 2.24) is 9.80 Å². The van der Waals surface area contributed by atoms with Crippen LogP contribution in [0.5, 0.6) is 0 Å². The number of carbonyl (C=O) groups excluding carboxylic acids is 2. The zero-order chi connectivity index (χ0) is 16.3. The van der Waals surface area contributed by atoms with E-state index in [2.05, 4.69) is 16.8 Å². The number of methoxy groups -OCH3 is 1. The first kappa shape index (κ1) is 17.5. The maximum Gasteiger partial charge on any atom is 0.348 e. The van der Waals surface area contributed by atoms with Gasteiger partial charge in [-0.05, 0) is 25.8 Å². The molecule has 0 atom stereocenters. The summed E-state index contributed by atoms with van der Waals surface area (Å²) in [5.74, 6) is -0.269. The van der Waals surface area contributed by atoms with Crippen LogP contribution in [0.1, 0.15) is 25.6 Å².